The molecule has 140 valence electrons. The normalized spacial score (nSPS) is 20.0. The zero-order valence-electron chi connectivity index (χ0n) is 14.3. The monoisotopic (exact) mass is 396 g/mol. The number of hydrogen-bond donors (Lipinski definition) is 1. The maximum absolute atomic E-state index is 11.3. The van der Waals surface area contributed by atoms with E-state index < -0.39 is 5.91 Å². The summed E-state index contributed by atoms with van der Waals surface area (Å²) in [7, 11) is 0. The SMILES string of the molecule is Cl.NC(=O)c1ccc(OC2CCN(CC3CC3)Cc3occc32)c(Cl)c1. The number of carbonyl (C=O) groups excluding carboxylic acids is 1. The van der Waals surface area contributed by atoms with Crippen LogP contribution in [0.4, 0.5) is 0 Å². The van der Waals surface area contributed by atoms with Gasteiger partial charge in [-0.15, -0.1) is 12.4 Å². The molecule has 2 aromatic rings. The molecule has 1 fully saturated rings. The number of hydrogen-bond acceptors (Lipinski definition) is 4. The van der Waals surface area contributed by atoms with Crippen LogP contribution in [0, 0.1) is 5.92 Å². The first kappa shape index (κ1) is 19.1. The van der Waals surface area contributed by atoms with Gasteiger partial charge < -0.3 is 14.9 Å². The van der Waals surface area contributed by atoms with Crippen molar-refractivity contribution in [3.05, 3.63) is 52.4 Å². The van der Waals surface area contributed by atoms with Crippen LogP contribution < -0.4 is 10.5 Å². The summed E-state index contributed by atoms with van der Waals surface area (Å²) < 4.78 is 11.9. The van der Waals surface area contributed by atoms with Gasteiger partial charge >= 0.3 is 0 Å². The number of nitrogens with two attached hydrogens (primary N) is 1. The van der Waals surface area contributed by atoms with Crippen LogP contribution in [0.5, 0.6) is 5.75 Å². The van der Waals surface area contributed by atoms with E-state index in [1.54, 1.807) is 24.5 Å². The third-order valence-corrected chi connectivity index (χ3v) is 5.20. The Morgan fingerprint density at radius 3 is 2.81 bits per heavy atom. The molecule has 1 unspecified atom stereocenters. The Bertz CT molecular complexity index is 789. The van der Waals surface area contributed by atoms with Gasteiger partial charge in [-0.05, 0) is 43.0 Å². The highest BCUT2D eigenvalue weighted by molar-refractivity contribution is 6.32. The summed E-state index contributed by atoms with van der Waals surface area (Å²) in [6.07, 6.45) is 5.15. The van der Waals surface area contributed by atoms with E-state index in [1.165, 1.54) is 12.8 Å². The first-order chi connectivity index (χ1) is 12.1. The van der Waals surface area contributed by atoms with Crippen LogP contribution in [0.3, 0.4) is 0 Å². The van der Waals surface area contributed by atoms with E-state index in [9.17, 15) is 4.79 Å². The Hall–Kier alpha value is -1.69. The molecule has 2 N–H and O–H groups in total. The van der Waals surface area contributed by atoms with Crippen LogP contribution in [0.25, 0.3) is 0 Å². The van der Waals surface area contributed by atoms with Crippen LogP contribution in [0.15, 0.2) is 34.9 Å². The van der Waals surface area contributed by atoms with Gasteiger partial charge in [0.25, 0.3) is 0 Å². The number of furan rings is 1. The number of halogens is 2. The first-order valence-electron chi connectivity index (χ1n) is 8.65. The summed E-state index contributed by atoms with van der Waals surface area (Å²) >= 11 is 6.27. The van der Waals surface area contributed by atoms with E-state index in [0.29, 0.717) is 16.3 Å². The summed E-state index contributed by atoms with van der Waals surface area (Å²) in [6, 6.07) is 6.86. The van der Waals surface area contributed by atoms with Gasteiger partial charge in [0.15, 0.2) is 0 Å². The molecule has 26 heavy (non-hydrogen) atoms. The van der Waals surface area contributed by atoms with Gasteiger partial charge in [-0.2, -0.15) is 0 Å². The lowest BCUT2D eigenvalue weighted by atomic mass is 10.1. The molecule has 1 aromatic carbocycles. The Kier molecular flexibility index (Phi) is 5.80. The Labute approximate surface area is 163 Å². The number of ether oxygens (including phenoxy) is 1. The minimum absolute atomic E-state index is 0. The van der Waals surface area contributed by atoms with Gasteiger partial charge in [0.2, 0.25) is 5.91 Å². The molecule has 2 heterocycles. The van der Waals surface area contributed by atoms with E-state index >= 15 is 0 Å². The number of carbonyl (C=O) groups is 1. The summed E-state index contributed by atoms with van der Waals surface area (Å²) in [5.74, 6) is 1.86. The largest absolute Gasteiger partial charge is 0.484 e. The predicted molar refractivity (Wildman–Crippen MR) is 102 cm³/mol. The summed E-state index contributed by atoms with van der Waals surface area (Å²) in [5.41, 5.74) is 6.74. The number of amides is 1. The number of benzene rings is 1. The molecule has 1 atom stereocenters. The summed E-state index contributed by atoms with van der Waals surface area (Å²) in [5, 5.41) is 0.389. The third-order valence-electron chi connectivity index (χ3n) is 4.90. The van der Waals surface area contributed by atoms with Gasteiger partial charge in [-0.3, -0.25) is 9.69 Å². The van der Waals surface area contributed by atoms with Gasteiger partial charge in [0.05, 0.1) is 17.8 Å². The Morgan fingerprint density at radius 1 is 1.31 bits per heavy atom. The van der Waals surface area contributed by atoms with E-state index in [2.05, 4.69) is 4.90 Å². The van der Waals surface area contributed by atoms with Crippen molar-refractivity contribution >= 4 is 29.9 Å². The van der Waals surface area contributed by atoms with Gasteiger partial charge in [0.1, 0.15) is 17.6 Å². The van der Waals surface area contributed by atoms with Crippen molar-refractivity contribution in [3.8, 4) is 5.75 Å². The van der Waals surface area contributed by atoms with Gasteiger partial charge in [-0.1, -0.05) is 11.6 Å². The summed E-state index contributed by atoms with van der Waals surface area (Å²) in [6.45, 7) is 2.91. The van der Waals surface area contributed by atoms with E-state index in [0.717, 1.165) is 43.3 Å². The van der Waals surface area contributed by atoms with Gasteiger partial charge in [-0.25, -0.2) is 0 Å². The van der Waals surface area contributed by atoms with E-state index in [4.69, 9.17) is 26.5 Å². The molecule has 0 saturated heterocycles. The minimum atomic E-state index is -0.504. The minimum Gasteiger partial charge on any atom is -0.484 e. The molecular weight excluding hydrogens is 375 g/mol. The van der Waals surface area contributed by atoms with Crippen LogP contribution in [-0.4, -0.2) is 23.9 Å². The molecule has 5 nitrogen and oxygen atoms in total. The molecule has 0 bridgehead atoms. The number of primary amides is 1. The lowest BCUT2D eigenvalue weighted by Gasteiger charge is -2.20. The van der Waals surface area contributed by atoms with Crippen molar-refractivity contribution in [1.29, 1.82) is 0 Å². The molecule has 1 saturated carbocycles. The highest BCUT2D eigenvalue weighted by Gasteiger charge is 2.30. The fourth-order valence-electron chi connectivity index (χ4n) is 3.35. The van der Waals surface area contributed by atoms with Crippen molar-refractivity contribution in [3.63, 3.8) is 0 Å². The lowest BCUT2D eigenvalue weighted by molar-refractivity contribution is 0.1000. The second kappa shape index (κ2) is 7.91. The Balaban J connectivity index is 0.00000196. The number of fused-ring (bicyclic) bond motifs is 1. The smallest absolute Gasteiger partial charge is 0.248 e. The van der Waals surface area contributed by atoms with E-state index in [1.807, 2.05) is 6.07 Å². The second-order valence-corrected chi connectivity index (χ2v) is 7.29. The van der Waals surface area contributed by atoms with Crippen LogP contribution in [0.1, 0.15) is 47.0 Å². The zero-order chi connectivity index (χ0) is 17.4. The van der Waals surface area contributed by atoms with E-state index in [-0.39, 0.29) is 18.5 Å². The molecule has 1 aromatic heterocycles. The molecular formula is C19H22Cl2N2O3. The standard InChI is InChI=1S/C19H21ClN2O3.ClH/c20-15-9-13(19(21)23)3-4-17(15)25-16-5-7-22(10-12-1-2-12)11-18-14(16)6-8-24-18;/h3-4,6,8-9,12,16H,1-2,5,7,10-11H2,(H2,21,23);1H. The first-order valence-corrected chi connectivity index (χ1v) is 9.02. The topological polar surface area (TPSA) is 68.7 Å². The fourth-order valence-corrected chi connectivity index (χ4v) is 3.58. The number of nitrogens with zero attached hydrogens (tertiary/aromatic N) is 1. The average Bonchev–Trinajstić information content (AvgIpc) is 3.31. The Morgan fingerprint density at radius 2 is 2.12 bits per heavy atom. The van der Waals surface area contributed by atoms with Crippen molar-refractivity contribution in [2.75, 3.05) is 13.1 Å². The molecule has 7 heteroatoms. The van der Waals surface area contributed by atoms with Crippen molar-refractivity contribution in [2.24, 2.45) is 11.7 Å². The molecule has 2 aliphatic rings. The molecule has 0 spiro atoms. The highest BCUT2D eigenvalue weighted by atomic mass is 35.5. The van der Waals surface area contributed by atoms with Crippen molar-refractivity contribution in [2.45, 2.75) is 31.9 Å². The van der Waals surface area contributed by atoms with Gasteiger partial charge in [0, 0.05) is 30.6 Å². The fraction of sp³-hybridized carbons (Fsp3) is 0.421. The summed E-state index contributed by atoms with van der Waals surface area (Å²) in [4.78, 5) is 13.7. The van der Waals surface area contributed by atoms with Crippen LogP contribution in [0.2, 0.25) is 5.02 Å². The maximum Gasteiger partial charge on any atom is 0.248 e. The molecule has 1 amide bonds. The van der Waals surface area contributed by atoms with Crippen molar-refractivity contribution in [1.82, 2.24) is 4.90 Å². The highest BCUT2D eigenvalue weighted by Crippen LogP contribution is 2.37. The molecule has 1 aliphatic heterocycles. The average molecular weight is 397 g/mol. The predicted octanol–water partition coefficient (Wildman–Crippen LogP) is 4.19. The maximum atomic E-state index is 11.3. The lowest BCUT2D eigenvalue weighted by Crippen LogP contribution is -2.26. The van der Waals surface area contributed by atoms with Crippen LogP contribution in [-0.2, 0) is 6.54 Å². The third kappa shape index (κ3) is 4.17. The molecule has 4 rings (SSSR count). The zero-order valence-corrected chi connectivity index (χ0v) is 15.9. The second-order valence-electron chi connectivity index (χ2n) is 6.88. The molecule has 0 radical (unpaired) electrons. The molecule has 1 aliphatic carbocycles. The quantitative estimate of drug-likeness (QED) is 0.822. The van der Waals surface area contributed by atoms with Crippen LogP contribution >= 0.6 is 24.0 Å². The van der Waals surface area contributed by atoms with Crippen molar-refractivity contribution < 1.29 is 13.9 Å². The number of rotatable bonds is 5.